The maximum absolute atomic E-state index is 11.9. The predicted octanol–water partition coefficient (Wildman–Crippen LogP) is 2.66. The summed E-state index contributed by atoms with van der Waals surface area (Å²) in [6, 6.07) is 7.47. The molecule has 0 saturated heterocycles. The first kappa shape index (κ1) is 14.0. The molecule has 0 aliphatic rings. The molecule has 0 saturated carbocycles. The summed E-state index contributed by atoms with van der Waals surface area (Å²) in [7, 11) is 0. The van der Waals surface area contributed by atoms with Gasteiger partial charge in [0, 0.05) is 0 Å². The quantitative estimate of drug-likeness (QED) is 0.784. The maximum atomic E-state index is 11.9. The van der Waals surface area contributed by atoms with Crippen molar-refractivity contribution < 1.29 is 17.9 Å². The van der Waals surface area contributed by atoms with Gasteiger partial charge in [-0.25, -0.2) is 0 Å². The number of benzene rings is 1. The minimum absolute atomic E-state index is 0.201. The third-order valence-electron chi connectivity index (χ3n) is 2.32. The first-order chi connectivity index (χ1) is 8.03. The molecule has 0 aromatic heterocycles. The van der Waals surface area contributed by atoms with Crippen molar-refractivity contribution in [2.75, 3.05) is 13.2 Å². The Morgan fingerprint density at radius 1 is 1.12 bits per heavy atom. The van der Waals surface area contributed by atoms with Crippen LogP contribution >= 0.6 is 0 Å². The zero-order valence-electron chi connectivity index (χ0n) is 9.46. The van der Waals surface area contributed by atoms with E-state index in [9.17, 15) is 13.2 Å². The first-order valence-corrected chi connectivity index (χ1v) is 5.44. The second-order valence-corrected chi connectivity index (χ2v) is 3.73. The summed E-state index contributed by atoms with van der Waals surface area (Å²) in [5, 5.41) is 0. The fourth-order valence-corrected chi connectivity index (χ4v) is 1.47. The molecule has 0 atom stereocenters. The molecular weight excluding hydrogens is 231 g/mol. The first-order valence-electron chi connectivity index (χ1n) is 5.44. The van der Waals surface area contributed by atoms with Crippen molar-refractivity contribution in [3.05, 3.63) is 35.4 Å². The molecule has 5 heteroatoms. The van der Waals surface area contributed by atoms with Gasteiger partial charge in [0.25, 0.3) is 0 Å². The summed E-state index contributed by atoms with van der Waals surface area (Å²) in [5.74, 6) is 0. The van der Waals surface area contributed by atoms with Gasteiger partial charge in [-0.05, 0) is 24.1 Å². The van der Waals surface area contributed by atoms with Gasteiger partial charge in [0.05, 0.1) is 19.6 Å². The van der Waals surface area contributed by atoms with E-state index in [4.69, 9.17) is 10.5 Å². The zero-order valence-corrected chi connectivity index (χ0v) is 9.46. The molecule has 0 aliphatic heterocycles. The average Bonchev–Trinajstić information content (AvgIpc) is 2.25. The van der Waals surface area contributed by atoms with Crippen LogP contribution in [0.5, 0.6) is 0 Å². The van der Waals surface area contributed by atoms with Crippen LogP contribution in [0.25, 0.3) is 0 Å². The van der Waals surface area contributed by atoms with Crippen molar-refractivity contribution in [2.24, 2.45) is 5.73 Å². The number of alkyl halides is 3. The monoisotopic (exact) mass is 247 g/mol. The Morgan fingerprint density at radius 3 is 2.35 bits per heavy atom. The summed E-state index contributed by atoms with van der Waals surface area (Å²) in [4.78, 5) is 0. The summed E-state index contributed by atoms with van der Waals surface area (Å²) >= 11 is 0. The van der Waals surface area contributed by atoms with Gasteiger partial charge in [-0.1, -0.05) is 24.3 Å². The molecule has 17 heavy (non-hydrogen) atoms. The van der Waals surface area contributed by atoms with E-state index in [0.717, 1.165) is 11.1 Å². The SMILES string of the molecule is NCCc1ccccc1COCCC(F)(F)F. The second kappa shape index (κ2) is 6.61. The van der Waals surface area contributed by atoms with Crippen molar-refractivity contribution in [3.8, 4) is 0 Å². The highest BCUT2D eigenvalue weighted by Crippen LogP contribution is 2.19. The zero-order chi connectivity index (χ0) is 12.7. The van der Waals surface area contributed by atoms with E-state index in [1.54, 1.807) is 0 Å². The van der Waals surface area contributed by atoms with Gasteiger partial charge in [0.15, 0.2) is 0 Å². The summed E-state index contributed by atoms with van der Waals surface area (Å²) in [5.41, 5.74) is 7.38. The Kier molecular flexibility index (Phi) is 5.44. The molecule has 2 nitrogen and oxygen atoms in total. The number of halogens is 3. The molecule has 0 spiro atoms. The highest BCUT2D eigenvalue weighted by Gasteiger charge is 2.26. The highest BCUT2D eigenvalue weighted by molar-refractivity contribution is 5.26. The van der Waals surface area contributed by atoms with E-state index in [0.29, 0.717) is 13.0 Å². The molecule has 0 amide bonds. The maximum Gasteiger partial charge on any atom is 0.391 e. The van der Waals surface area contributed by atoms with Crippen molar-refractivity contribution in [2.45, 2.75) is 25.6 Å². The van der Waals surface area contributed by atoms with Gasteiger partial charge in [0.2, 0.25) is 0 Å². The number of hydrogen-bond acceptors (Lipinski definition) is 2. The third-order valence-corrected chi connectivity index (χ3v) is 2.32. The topological polar surface area (TPSA) is 35.2 Å². The van der Waals surface area contributed by atoms with Gasteiger partial charge in [-0.2, -0.15) is 13.2 Å². The average molecular weight is 247 g/mol. The van der Waals surface area contributed by atoms with E-state index in [2.05, 4.69) is 0 Å². The van der Waals surface area contributed by atoms with E-state index in [-0.39, 0.29) is 13.2 Å². The van der Waals surface area contributed by atoms with Crippen LogP contribution in [-0.2, 0) is 17.8 Å². The number of ether oxygens (including phenoxy) is 1. The van der Waals surface area contributed by atoms with Crippen LogP contribution in [-0.4, -0.2) is 19.3 Å². The summed E-state index contributed by atoms with van der Waals surface area (Å²) in [6.07, 6.45) is -4.36. The molecule has 0 bridgehead atoms. The fourth-order valence-electron chi connectivity index (χ4n) is 1.47. The van der Waals surface area contributed by atoms with E-state index in [1.807, 2.05) is 24.3 Å². The molecule has 1 rings (SSSR count). The van der Waals surface area contributed by atoms with E-state index >= 15 is 0 Å². The molecule has 0 aliphatic carbocycles. The van der Waals surface area contributed by atoms with Crippen molar-refractivity contribution >= 4 is 0 Å². The molecule has 1 aromatic carbocycles. The summed E-state index contributed by atoms with van der Waals surface area (Å²) < 4.78 is 40.7. The Hall–Kier alpha value is -1.07. The van der Waals surface area contributed by atoms with Crippen LogP contribution in [0.4, 0.5) is 13.2 Å². The number of hydrogen-bond donors (Lipinski definition) is 1. The van der Waals surface area contributed by atoms with E-state index in [1.165, 1.54) is 0 Å². The molecule has 2 N–H and O–H groups in total. The molecule has 0 unspecified atom stereocenters. The molecule has 96 valence electrons. The van der Waals surface area contributed by atoms with Gasteiger partial charge in [-0.15, -0.1) is 0 Å². The molecule has 0 radical (unpaired) electrons. The van der Waals surface area contributed by atoms with Gasteiger partial charge in [-0.3, -0.25) is 0 Å². The van der Waals surface area contributed by atoms with Gasteiger partial charge < -0.3 is 10.5 Å². The third kappa shape index (κ3) is 5.70. The lowest BCUT2D eigenvalue weighted by Crippen LogP contribution is -2.12. The van der Waals surface area contributed by atoms with Crippen molar-refractivity contribution in [1.29, 1.82) is 0 Å². The lowest BCUT2D eigenvalue weighted by Gasteiger charge is -2.10. The van der Waals surface area contributed by atoms with Crippen LogP contribution in [0.3, 0.4) is 0 Å². The smallest absolute Gasteiger partial charge is 0.376 e. The molecule has 0 fully saturated rings. The second-order valence-electron chi connectivity index (χ2n) is 3.73. The van der Waals surface area contributed by atoms with Gasteiger partial charge >= 0.3 is 6.18 Å². The number of nitrogens with two attached hydrogens (primary N) is 1. The highest BCUT2D eigenvalue weighted by atomic mass is 19.4. The molecule has 1 aromatic rings. The number of rotatable bonds is 6. The Morgan fingerprint density at radius 2 is 1.76 bits per heavy atom. The van der Waals surface area contributed by atoms with E-state index < -0.39 is 12.6 Å². The molecular formula is C12H16F3NO. The van der Waals surface area contributed by atoms with Crippen molar-refractivity contribution in [1.82, 2.24) is 0 Å². The van der Waals surface area contributed by atoms with Crippen LogP contribution in [0.1, 0.15) is 17.5 Å². The Bertz CT molecular complexity index is 339. The summed E-state index contributed by atoms with van der Waals surface area (Å²) in [6.45, 7) is 0.409. The van der Waals surface area contributed by atoms with Crippen LogP contribution in [0, 0.1) is 0 Å². The molecule has 0 heterocycles. The van der Waals surface area contributed by atoms with Crippen molar-refractivity contribution in [3.63, 3.8) is 0 Å². The lowest BCUT2D eigenvalue weighted by atomic mass is 10.1. The normalized spacial score (nSPS) is 11.8. The van der Waals surface area contributed by atoms with Crippen LogP contribution in [0.15, 0.2) is 24.3 Å². The fraction of sp³-hybridized carbons (Fsp3) is 0.500. The van der Waals surface area contributed by atoms with Gasteiger partial charge in [0.1, 0.15) is 0 Å². The minimum atomic E-state index is -4.16. The Labute approximate surface area is 98.6 Å². The standard InChI is InChI=1S/C12H16F3NO/c13-12(14,15)6-8-17-9-11-4-2-1-3-10(11)5-7-16/h1-4H,5-9,16H2. The predicted molar refractivity (Wildman–Crippen MR) is 59.5 cm³/mol. The largest absolute Gasteiger partial charge is 0.391 e. The van der Waals surface area contributed by atoms with Crippen LogP contribution < -0.4 is 5.73 Å². The Balaban J connectivity index is 2.41. The van der Waals surface area contributed by atoms with Crippen LogP contribution in [0.2, 0.25) is 0 Å². The lowest BCUT2D eigenvalue weighted by molar-refractivity contribution is -0.146. The minimum Gasteiger partial charge on any atom is -0.376 e.